The second-order valence-electron chi connectivity index (χ2n) is 11.4. The van der Waals surface area contributed by atoms with Crippen LogP contribution in [0.2, 0.25) is 0 Å². The Bertz CT molecular complexity index is 2750. The molecule has 45 heavy (non-hydrogen) atoms. The van der Waals surface area contributed by atoms with Crippen molar-refractivity contribution in [2.75, 3.05) is 0 Å². The van der Waals surface area contributed by atoms with Crippen LogP contribution in [0.25, 0.3) is 90.6 Å². The maximum atomic E-state index is 5.18. The van der Waals surface area contributed by atoms with Gasteiger partial charge in [-0.2, -0.15) is 0 Å². The highest BCUT2D eigenvalue weighted by Crippen LogP contribution is 2.44. The first kappa shape index (κ1) is 25.0. The Hall–Kier alpha value is -5.36. The van der Waals surface area contributed by atoms with E-state index in [-0.39, 0.29) is 0 Å². The van der Waals surface area contributed by atoms with Crippen LogP contribution in [0.15, 0.2) is 140 Å². The summed E-state index contributed by atoms with van der Waals surface area (Å²) in [7, 11) is 0. The topological polar surface area (TPSA) is 30.7 Å². The van der Waals surface area contributed by atoms with E-state index >= 15 is 0 Å². The molecule has 0 N–H and O–H groups in total. The Morgan fingerprint density at radius 2 is 1.11 bits per heavy atom. The quantitative estimate of drug-likeness (QED) is 0.199. The summed E-state index contributed by atoms with van der Waals surface area (Å²) in [5, 5.41) is 6.43. The van der Waals surface area contributed by atoms with E-state index < -0.39 is 0 Å². The Kier molecular flexibility index (Phi) is 5.32. The highest BCUT2D eigenvalue weighted by Gasteiger charge is 2.19. The van der Waals surface area contributed by atoms with Gasteiger partial charge in [0.1, 0.15) is 0 Å². The Morgan fingerprint density at radius 3 is 1.93 bits per heavy atom. The van der Waals surface area contributed by atoms with E-state index in [1.807, 2.05) is 29.5 Å². The molecule has 0 saturated carbocycles. The van der Waals surface area contributed by atoms with Crippen molar-refractivity contribution in [2.24, 2.45) is 0 Å². The summed E-state index contributed by atoms with van der Waals surface area (Å²) in [5.74, 6) is 0.750. The number of fused-ring (bicyclic) bond motifs is 10. The third-order valence-corrected chi connectivity index (χ3v) is 11.2. The summed E-state index contributed by atoms with van der Waals surface area (Å²) < 4.78 is 7.42. The number of hydrogen-bond donors (Lipinski definition) is 0. The van der Waals surface area contributed by atoms with Crippen molar-refractivity contribution >= 4 is 85.0 Å². The molecule has 10 aromatic rings. The van der Waals surface area contributed by atoms with E-state index in [2.05, 4.69) is 126 Å². The molecule has 6 aromatic carbocycles. The summed E-state index contributed by atoms with van der Waals surface area (Å²) in [5.41, 5.74) is 7.66. The standard InChI is InChI=1S/C40H23N3S2/c1-2-10-25(11-3-1)40-41-36(39-37(42-40)30-14-6-9-17-34(30)45-39)24-18-20-26(21-19-24)43-31-15-7-4-13-29(31)35-32(43)23-22-28-27-12-5-8-16-33(27)44-38(28)35/h1-23H. The average Bonchev–Trinajstić information content (AvgIpc) is 3.78. The lowest BCUT2D eigenvalue weighted by Gasteiger charge is -2.10. The molecule has 10 rings (SSSR count). The van der Waals surface area contributed by atoms with Gasteiger partial charge in [0, 0.05) is 57.8 Å². The SMILES string of the molecule is c1ccc(-c2nc(-c3ccc(-n4c5ccccc5c5c6sc7ccccc7c6ccc54)cc3)c3sc4ccccc4c3n2)cc1. The first-order valence-electron chi connectivity index (χ1n) is 15.0. The van der Waals surface area contributed by atoms with Crippen LogP contribution in [0.3, 0.4) is 0 Å². The second-order valence-corrected chi connectivity index (χ2v) is 13.5. The van der Waals surface area contributed by atoms with Crippen LogP contribution in [-0.2, 0) is 0 Å². The summed E-state index contributed by atoms with van der Waals surface area (Å²) >= 11 is 3.66. The van der Waals surface area contributed by atoms with Crippen LogP contribution < -0.4 is 0 Å². The maximum absolute atomic E-state index is 5.18. The zero-order valence-electron chi connectivity index (χ0n) is 23.9. The van der Waals surface area contributed by atoms with Gasteiger partial charge in [-0.05, 0) is 36.4 Å². The van der Waals surface area contributed by atoms with Crippen LogP contribution >= 0.6 is 22.7 Å². The lowest BCUT2D eigenvalue weighted by molar-refractivity contribution is 1.18. The molecule has 0 bridgehead atoms. The molecule has 0 unspecified atom stereocenters. The molecule has 0 atom stereocenters. The summed E-state index contributed by atoms with van der Waals surface area (Å²) in [4.78, 5) is 10.3. The predicted molar refractivity (Wildman–Crippen MR) is 193 cm³/mol. The molecule has 0 aliphatic heterocycles. The second kappa shape index (κ2) is 9.57. The van der Waals surface area contributed by atoms with Gasteiger partial charge >= 0.3 is 0 Å². The Balaban J connectivity index is 1.19. The van der Waals surface area contributed by atoms with Crippen LogP contribution in [0.1, 0.15) is 0 Å². The van der Waals surface area contributed by atoms with Crippen molar-refractivity contribution in [3.8, 4) is 28.3 Å². The summed E-state index contributed by atoms with van der Waals surface area (Å²) in [6, 6.07) is 49.8. The molecule has 0 fully saturated rings. The van der Waals surface area contributed by atoms with E-state index in [9.17, 15) is 0 Å². The lowest BCUT2D eigenvalue weighted by Crippen LogP contribution is -1.95. The van der Waals surface area contributed by atoms with Crippen molar-refractivity contribution in [1.82, 2.24) is 14.5 Å². The highest BCUT2D eigenvalue weighted by molar-refractivity contribution is 7.27. The number of para-hydroxylation sites is 1. The maximum Gasteiger partial charge on any atom is 0.160 e. The number of benzene rings is 6. The number of nitrogens with zero attached hydrogens (tertiary/aromatic N) is 3. The largest absolute Gasteiger partial charge is 0.309 e. The zero-order chi connectivity index (χ0) is 29.5. The fourth-order valence-electron chi connectivity index (χ4n) is 6.78. The van der Waals surface area contributed by atoms with Crippen molar-refractivity contribution in [3.63, 3.8) is 0 Å². The van der Waals surface area contributed by atoms with Crippen LogP contribution in [0.4, 0.5) is 0 Å². The van der Waals surface area contributed by atoms with Gasteiger partial charge in [0.25, 0.3) is 0 Å². The molecule has 0 aliphatic carbocycles. The minimum Gasteiger partial charge on any atom is -0.309 e. The molecule has 0 aliphatic rings. The number of rotatable bonds is 3. The van der Waals surface area contributed by atoms with Gasteiger partial charge in [-0.25, -0.2) is 9.97 Å². The van der Waals surface area contributed by atoms with Gasteiger partial charge in [-0.3, -0.25) is 0 Å². The van der Waals surface area contributed by atoms with Crippen LogP contribution in [0.5, 0.6) is 0 Å². The molecule has 3 nitrogen and oxygen atoms in total. The van der Waals surface area contributed by atoms with Gasteiger partial charge in [-0.1, -0.05) is 103 Å². The molecular weight excluding hydrogens is 587 g/mol. The molecule has 0 amide bonds. The lowest BCUT2D eigenvalue weighted by atomic mass is 10.1. The highest BCUT2D eigenvalue weighted by atomic mass is 32.1. The first-order chi connectivity index (χ1) is 22.3. The van der Waals surface area contributed by atoms with E-state index in [4.69, 9.17) is 9.97 Å². The predicted octanol–water partition coefficient (Wildman–Crippen LogP) is 11.6. The Morgan fingerprint density at radius 1 is 0.444 bits per heavy atom. The molecule has 210 valence electrons. The Labute approximate surface area is 266 Å². The number of hydrogen-bond acceptors (Lipinski definition) is 4. The summed E-state index contributed by atoms with van der Waals surface area (Å²) in [6.07, 6.45) is 0. The zero-order valence-corrected chi connectivity index (χ0v) is 25.6. The van der Waals surface area contributed by atoms with Crippen molar-refractivity contribution in [2.45, 2.75) is 0 Å². The fourth-order valence-corrected chi connectivity index (χ4v) is 9.20. The monoisotopic (exact) mass is 609 g/mol. The van der Waals surface area contributed by atoms with E-state index in [1.54, 1.807) is 11.3 Å². The normalized spacial score (nSPS) is 12.0. The van der Waals surface area contributed by atoms with Crippen molar-refractivity contribution in [3.05, 3.63) is 140 Å². The third-order valence-electron chi connectivity index (χ3n) is 8.83. The average molecular weight is 610 g/mol. The van der Waals surface area contributed by atoms with Crippen LogP contribution in [-0.4, -0.2) is 14.5 Å². The molecule has 0 spiro atoms. The third kappa shape index (κ3) is 3.69. The van der Waals surface area contributed by atoms with E-state index in [0.717, 1.165) is 38.5 Å². The van der Waals surface area contributed by atoms with Gasteiger partial charge in [-0.15, -0.1) is 22.7 Å². The van der Waals surface area contributed by atoms with E-state index in [0.29, 0.717) is 0 Å². The van der Waals surface area contributed by atoms with E-state index in [1.165, 1.54) is 52.1 Å². The van der Waals surface area contributed by atoms with Crippen molar-refractivity contribution < 1.29 is 0 Å². The van der Waals surface area contributed by atoms with Gasteiger partial charge in [0.05, 0.1) is 26.9 Å². The minimum atomic E-state index is 0.750. The molecule has 5 heteroatoms. The fraction of sp³-hybridized carbons (Fsp3) is 0. The van der Waals surface area contributed by atoms with Crippen LogP contribution in [0, 0.1) is 0 Å². The first-order valence-corrected chi connectivity index (χ1v) is 16.6. The molecular formula is C40H23N3S2. The smallest absolute Gasteiger partial charge is 0.160 e. The molecule has 0 radical (unpaired) electrons. The van der Waals surface area contributed by atoms with Gasteiger partial charge in [0.2, 0.25) is 0 Å². The van der Waals surface area contributed by atoms with Gasteiger partial charge < -0.3 is 4.57 Å². The minimum absolute atomic E-state index is 0.750. The molecule has 4 heterocycles. The molecule has 4 aromatic heterocycles. The number of thiophene rings is 2. The van der Waals surface area contributed by atoms with Crippen molar-refractivity contribution in [1.29, 1.82) is 0 Å². The molecule has 0 saturated heterocycles. The number of aromatic nitrogens is 3. The van der Waals surface area contributed by atoms with Gasteiger partial charge in [0.15, 0.2) is 5.82 Å². The summed E-state index contributed by atoms with van der Waals surface area (Å²) in [6.45, 7) is 0.